The fourth-order valence-corrected chi connectivity index (χ4v) is 2.36. The number of amides is 1. The topological polar surface area (TPSA) is 80.5 Å². The van der Waals surface area contributed by atoms with Crippen molar-refractivity contribution in [3.05, 3.63) is 36.0 Å². The second kappa shape index (κ2) is 6.28. The first kappa shape index (κ1) is 15.3. The second-order valence-electron chi connectivity index (χ2n) is 5.83. The molecule has 1 saturated heterocycles. The number of aromatic nitrogens is 2. The largest absolute Gasteiger partial charge is 0.447 e. The Morgan fingerprint density at radius 1 is 1.30 bits per heavy atom. The molecule has 0 saturated carbocycles. The van der Waals surface area contributed by atoms with Gasteiger partial charge in [0.05, 0.1) is 6.54 Å². The third-order valence-electron chi connectivity index (χ3n) is 3.65. The van der Waals surface area contributed by atoms with Crippen molar-refractivity contribution in [3.63, 3.8) is 0 Å². The standard InChI is InChI=1S/C16H20N4O3/c1-10(2)14-18-15(23-19-14)11(3)17-12-5-4-6-13(9-12)20-7-8-22-16(20)21/h4-6,9-11,17H,7-8H2,1-3H3/t11-/m1/s1. The third-order valence-corrected chi connectivity index (χ3v) is 3.65. The average Bonchev–Trinajstić information content (AvgIpc) is 3.16. The van der Waals surface area contributed by atoms with Crippen LogP contribution >= 0.6 is 0 Å². The number of carbonyl (C=O) groups is 1. The van der Waals surface area contributed by atoms with Crippen molar-refractivity contribution in [2.45, 2.75) is 32.7 Å². The summed E-state index contributed by atoms with van der Waals surface area (Å²) < 4.78 is 10.3. The van der Waals surface area contributed by atoms with Gasteiger partial charge in [-0.2, -0.15) is 4.98 Å². The van der Waals surface area contributed by atoms with Crippen LogP contribution in [0.25, 0.3) is 0 Å². The number of anilines is 2. The summed E-state index contributed by atoms with van der Waals surface area (Å²) in [5.41, 5.74) is 1.68. The highest BCUT2D eigenvalue weighted by Crippen LogP contribution is 2.25. The fourth-order valence-electron chi connectivity index (χ4n) is 2.36. The van der Waals surface area contributed by atoms with Crippen molar-refractivity contribution in [3.8, 4) is 0 Å². The van der Waals surface area contributed by atoms with Crippen molar-refractivity contribution in [1.82, 2.24) is 10.1 Å². The molecule has 1 aromatic carbocycles. The van der Waals surface area contributed by atoms with Gasteiger partial charge in [0.15, 0.2) is 5.82 Å². The van der Waals surface area contributed by atoms with E-state index in [9.17, 15) is 4.79 Å². The van der Waals surface area contributed by atoms with E-state index in [1.54, 1.807) is 4.90 Å². The number of nitrogens with zero attached hydrogens (tertiary/aromatic N) is 3. The quantitative estimate of drug-likeness (QED) is 0.911. The van der Waals surface area contributed by atoms with Gasteiger partial charge in [-0.05, 0) is 25.1 Å². The molecular formula is C16H20N4O3. The van der Waals surface area contributed by atoms with Gasteiger partial charge in [-0.25, -0.2) is 4.79 Å². The number of hydrogen-bond donors (Lipinski definition) is 1. The zero-order valence-corrected chi connectivity index (χ0v) is 13.4. The molecule has 2 heterocycles. The minimum atomic E-state index is -0.311. The molecule has 1 fully saturated rings. The molecule has 0 spiro atoms. The van der Waals surface area contributed by atoms with E-state index in [-0.39, 0.29) is 18.1 Å². The summed E-state index contributed by atoms with van der Waals surface area (Å²) in [6.45, 7) is 6.98. The number of hydrogen-bond acceptors (Lipinski definition) is 6. The number of benzene rings is 1. The molecule has 7 heteroatoms. The van der Waals surface area contributed by atoms with E-state index < -0.39 is 0 Å². The maximum Gasteiger partial charge on any atom is 0.414 e. The molecule has 0 aliphatic carbocycles. The number of cyclic esters (lactones) is 1. The van der Waals surface area contributed by atoms with Gasteiger partial charge in [-0.1, -0.05) is 25.1 Å². The Labute approximate surface area is 134 Å². The lowest BCUT2D eigenvalue weighted by Crippen LogP contribution is -2.23. The number of carbonyl (C=O) groups excluding carboxylic acids is 1. The van der Waals surface area contributed by atoms with Crippen LogP contribution in [0.15, 0.2) is 28.8 Å². The van der Waals surface area contributed by atoms with E-state index in [4.69, 9.17) is 9.26 Å². The molecule has 1 aliphatic rings. The van der Waals surface area contributed by atoms with Gasteiger partial charge in [-0.15, -0.1) is 0 Å². The number of ether oxygens (including phenoxy) is 1. The predicted octanol–water partition coefficient (Wildman–Crippen LogP) is 3.32. The van der Waals surface area contributed by atoms with E-state index in [2.05, 4.69) is 15.5 Å². The van der Waals surface area contributed by atoms with Crippen molar-refractivity contribution < 1.29 is 14.1 Å². The molecule has 1 aliphatic heterocycles. The summed E-state index contributed by atoms with van der Waals surface area (Å²) >= 11 is 0. The molecule has 1 N–H and O–H groups in total. The molecule has 3 rings (SSSR count). The highest BCUT2D eigenvalue weighted by Gasteiger charge is 2.24. The summed E-state index contributed by atoms with van der Waals surface area (Å²) in [5, 5.41) is 7.29. The lowest BCUT2D eigenvalue weighted by molar-refractivity contribution is 0.181. The number of rotatable bonds is 5. The minimum Gasteiger partial charge on any atom is -0.447 e. The Morgan fingerprint density at radius 3 is 2.78 bits per heavy atom. The maximum atomic E-state index is 11.6. The van der Waals surface area contributed by atoms with Gasteiger partial charge in [0.2, 0.25) is 5.89 Å². The Balaban J connectivity index is 1.73. The molecule has 2 aromatic rings. The van der Waals surface area contributed by atoms with Crippen LogP contribution in [0.5, 0.6) is 0 Å². The monoisotopic (exact) mass is 316 g/mol. The molecule has 0 unspecified atom stereocenters. The minimum absolute atomic E-state index is 0.129. The fraction of sp³-hybridized carbons (Fsp3) is 0.438. The molecule has 7 nitrogen and oxygen atoms in total. The third kappa shape index (κ3) is 3.28. The molecule has 1 amide bonds. The molecule has 1 atom stereocenters. The Kier molecular flexibility index (Phi) is 4.18. The van der Waals surface area contributed by atoms with Gasteiger partial charge < -0.3 is 14.6 Å². The Morgan fingerprint density at radius 2 is 2.13 bits per heavy atom. The van der Waals surface area contributed by atoms with E-state index in [1.807, 2.05) is 45.0 Å². The second-order valence-corrected chi connectivity index (χ2v) is 5.83. The SMILES string of the molecule is CC(C)c1noc([C@@H](C)Nc2cccc(N3CCOC3=O)c2)n1. The molecular weight excluding hydrogens is 296 g/mol. The smallest absolute Gasteiger partial charge is 0.414 e. The summed E-state index contributed by atoms with van der Waals surface area (Å²) in [4.78, 5) is 17.6. The van der Waals surface area contributed by atoms with Crippen LogP contribution < -0.4 is 10.2 Å². The van der Waals surface area contributed by atoms with Gasteiger partial charge in [0, 0.05) is 17.3 Å². The molecule has 122 valence electrons. The van der Waals surface area contributed by atoms with Crippen molar-refractivity contribution in [1.29, 1.82) is 0 Å². The predicted molar refractivity (Wildman–Crippen MR) is 85.6 cm³/mol. The first-order valence-corrected chi connectivity index (χ1v) is 7.69. The summed E-state index contributed by atoms with van der Waals surface area (Å²) in [6.07, 6.45) is -0.311. The van der Waals surface area contributed by atoms with E-state index in [0.717, 1.165) is 11.4 Å². The van der Waals surface area contributed by atoms with Gasteiger partial charge in [0.1, 0.15) is 12.6 Å². The van der Waals surface area contributed by atoms with E-state index in [0.29, 0.717) is 24.9 Å². The van der Waals surface area contributed by atoms with E-state index >= 15 is 0 Å². The summed E-state index contributed by atoms with van der Waals surface area (Å²) in [7, 11) is 0. The van der Waals surface area contributed by atoms with E-state index in [1.165, 1.54) is 0 Å². The first-order chi connectivity index (χ1) is 11.0. The van der Waals surface area contributed by atoms with Gasteiger partial charge >= 0.3 is 6.09 Å². The highest BCUT2D eigenvalue weighted by atomic mass is 16.6. The Bertz CT molecular complexity index is 698. The zero-order chi connectivity index (χ0) is 16.4. The van der Waals surface area contributed by atoms with Crippen molar-refractivity contribution in [2.24, 2.45) is 0 Å². The van der Waals surface area contributed by atoms with Crippen LogP contribution in [0.3, 0.4) is 0 Å². The van der Waals surface area contributed by atoms with Crippen molar-refractivity contribution >= 4 is 17.5 Å². The molecule has 1 aromatic heterocycles. The molecule has 0 bridgehead atoms. The lowest BCUT2D eigenvalue weighted by Gasteiger charge is -2.16. The van der Waals surface area contributed by atoms with Crippen molar-refractivity contribution in [2.75, 3.05) is 23.4 Å². The lowest BCUT2D eigenvalue weighted by atomic mass is 10.2. The Hall–Kier alpha value is -2.57. The van der Waals surface area contributed by atoms with Crippen LogP contribution in [-0.4, -0.2) is 29.4 Å². The first-order valence-electron chi connectivity index (χ1n) is 7.69. The van der Waals surface area contributed by atoms with Crippen LogP contribution in [0.2, 0.25) is 0 Å². The van der Waals surface area contributed by atoms with Crippen LogP contribution in [-0.2, 0) is 4.74 Å². The van der Waals surface area contributed by atoms with Crippen LogP contribution in [0.4, 0.5) is 16.2 Å². The zero-order valence-electron chi connectivity index (χ0n) is 13.4. The molecule has 0 radical (unpaired) electrons. The van der Waals surface area contributed by atoms with Gasteiger partial charge in [0.25, 0.3) is 0 Å². The van der Waals surface area contributed by atoms with Crippen LogP contribution in [0.1, 0.15) is 44.4 Å². The highest BCUT2D eigenvalue weighted by molar-refractivity contribution is 5.89. The maximum absolute atomic E-state index is 11.6. The summed E-state index contributed by atoms with van der Waals surface area (Å²) in [6, 6.07) is 7.48. The normalized spacial score (nSPS) is 15.8. The number of nitrogens with one attached hydrogen (secondary N) is 1. The van der Waals surface area contributed by atoms with Gasteiger partial charge in [-0.3, -0.25) is 4.90 Å². The molecule has 23 heavy (non-hydrogen) atoms. The summed E-state index contributed by atoms with van der Waals surface area (Å²) in [5.74, 6) is 1.46. The average molecular weight is 316 g/mol. The van der Waals surface area contributed by atoms with Crippen LogP contribution in [0, 0.1) is 0 Å².